The SMILES string of the molecule is Cc1nn(-c2ccccc2)c(C)c1CNC(=O)c1oc2ccc(F)cc2c1C. The van der Waals surface area contributed by atoms with Gasteiger partial charge >= 0.3 is 0 Å². The minimum Gasteiger partial charge on any atom is -0.451 e. The molecule has 28 heavy (non-hydrogen) atoms. The summed E-state index contributed by atoms with van der Waals surface area (Å²) in [4.78, 5) is 12.7. The molecule has 0 radical (unpaired) electrons. The molecule has 2 aromatic heterocycles. The number of para-hydroxylation sites is 1. The molecular weight excluding hydrogens is 357 g/mol. The van der Waals surface area contributed by atoms with Gasteiger partial charge in [0.1, 0.15) is 11.4 Å². The van der Waals surface area contributed by atoms with Crippen LogP contribution in [0.2, 0.25) is 0 Å². The highest BCUT2D eigenvalue weighted by Gasteiger charge is 2.19. The first-order valence-corrected chi connectivity index (χ1v) is 9.03. The van der Waals surface area contributed by atoms with Crippen molar-refractivity contribution in [2.75, 3.05) is 0 Å². The van der Waals surface area contributed by atoms with Crippen LogP contribution in [0.15, 0.2) is 52.9 Å². The number of furan rings is 1. The first-order valence-electron chi connectivity index (χ1n) is 9.03. The lowest BCUT2D eigenvalue weighted by molar-refractivity contribution is 0.0924. The smallest absolute Gasteiger partial charge is 0.287 e. The van der Waals surface area contributed by atoms with Crippen LogP contribution in [0.5, 0.6) is 0 Å². The number of halogens is 1. The third kappa shape index (κ3) is 3.07. The van der Waals surface area contributed by atoms with Crippen molar-refractivity contribution >= 4 is 16.9 Å². The first-order chi connectivity index (χ1) is 13.5. The van der Waals surface area contributed by atoms with Gasteiger partial charge < -0.3 is 9.73 Å². The Hall–Kier alpha value is -3.41. The normalized spacial score (nSPS) is 11.1. The lowest BCUT2D eigenvalue weighted by atomic mass is 10.1. The number of aromatic nitrogens is 2. The minimum absolute atomic E-state index is 0.200. The van der Waals surface area contributed by atoms with E-state index < -0.39 is 0 Å². The van der Waals surface area contributed by atoms with Crippen LogP contribution in [-0.2, 0) is 6.54 Å². The predicted molar refractivity (Wildman–Crippen MR) is 105 cm³/mol. The van der Waals surface area contributed by atoms with Gasteiger partial charge in [-0.05, 0) is 51.1 Å². The molecule has 2 heterocycles. The van der Waals surface area contributed by atoms with Crippen LogP contribution in [0.3, 0.4) is 0 Å². The Bertz CT molecular complexity index is 1180. The van der Waals surface area contributed by atoms with Crippen LogP contribution in [0, 0.1) is 26.6 Å². The zero-order valence-corrected chi connectivity index (χ0v) is 15.9. The van der Waals surface area contributed by atoms with Gasteiger partial charge in [0, 0.05) is 28.8 Å². The predicted octanol–water partition coefficient (Wildman–Crippen LogP) is 4.61. The van der Waals surface area contributed by atoms with Crippen molar-refractivity contribution in [1.82, 2.24) is 15.1 Å². The summed E-state index contributed by atoms with van der Waals surface area (Å²) in [6, 6.07) is 14.1. The standard InChI is InChI=1S/C22H20FN3O2/c1-13-18-11-16(23)9-10-20(18)28-21(13)22(27)24-12-19-14(2)25-26(15(19)3)17-7-5-4-6-8-17/h4-11H,12H2,1-3H3,(H,24,27). The Morgan fingerprint density at radius 3 is 2.64 bits per heavy atom. The summed E-state index contributed by atoms with van der Waals surface area (Å²) in [7, 11) is 0. The Morgan fingerprint density at radius 1 is 1.14 bits per heavy atom. The summed E-state index contributed by atoms with van der Waals surface area (Å²) in [6.07, 6.45) is 0. The van der Waals surface area contributed by atoms with E-state index in [2.05, 4.69) is 10.4 Å². The minimum atomic E-state index is -0.358. The number of amides is 1. The molecule has 5 nitrogen and oxygen atoms in total. The second-order valence-corrected chi connectivity index (χ2v) is 6.78. The van der Waals surface area contributed by atoms with E-state index in [0.717, 1.165) is 22.6 Å². The van der Waals surface area contributed by atoms with Crippen LogP contribution in [0.25, 0.3) is 16.7 Å². The molecule has 0 aliphatic rings. The number of fused-ring (bicyclic) bond motifs is 1. The van der Waals surface area contributed by atoms with Crippen LogP contribution >= 0.6 is 0 Å². The van der Waals surface area contributed by atoms with Gasteiger partial charge in [0.05, 0.1) is 11.4 Å². The fraction of sp³-hybridized carbons (Fsp3) is 0.182. The van der Waals surface area contributed by atoms with E-state index in [9.17, 15) is 9.18 Å². The largest absolute Gasteiger partial charge is 0.451 e. The fourth-order valence-corrected chi connectivity index (χ4v) is 3.41. The van der Waals surface area contributed by atoms with Crippen molar-refractivity contribution in [3.05, 3.63) is 82.6 Å². The maximum Gasteiger partial charge on any atom is 0.287 e. The molecular formula is C22H20FN3O2. The van der Waals surface area contributed by atoms with Crippen molar-refractivity contribution in [2.24, 2.45) is 0 Å². The van der Waals surface area contributed by atoms with E-state index in [1.165, 1.54) is 18.2 Å². The van der Waals surface area contributed by atoms with E-state index in [1.807, 2.05) is 48.9 Å². The van der Waals surface area contributed by atoms with Crippen molar-refractivity contribution in [1.29, 1.82) is 0 Å². The number of hydrogen-bond acceptors (Lipinski definition) is 3. The number of aryl methyl sites for hydroxylation is 2. The average molecular weight is 377 g/mol. The fourth-order valence-electron chi connectivity index (χ4n) is 3.41. The molecule has 6 heteroatoms. The molecule has 4 rings (SSSR count). The number of rotatable bonds is 4. The lowest BCUT2D eigenvalue weighted by Gasteiger charge is -2.06. The summed E-state index contributed by atoms with van der Waals surface area (Å²) < 4.78 is 21.0. The summed E-state index contributed by atoms with van der Waals surface area (Å²) in [5.74, 6) is -0.491. The third-order valence-electron chi connectivity index (χ3n) is 4.97. The monoisotopic (exact) mass is 377 g/mol. The van der Waals surface area contributed by atoms with Crippen LogP contribution < -0.4 is 5.32 Å². The van der Waals surface area contributed by atoms with Gasteiger partial charge in [0.2, 0.25) is 0 Å². The Morgan fingerprint density at radius 2 is 1.89 bits per heavy atom. The van der Waals surface area contributed by atoms with Crippen molar-refractivity contribution in [2.45, 2.75) is 27.3 Å². The Balaban J connectivity index is 1.58. The van der Waals surface area contributed by atoms with Crippen LogP contribution in [0.4, 0.5) is 4.39 Å². The summed E-state index contributed by atoms with van der Waals surface area (Å²) in [5, 5.41) is 8.10. The molecule has 1 amide bonds. The Labute approximate surface area is 161 Å². The van der Waals surface area contributed by atoms with E-state index in [-0.39, 0.29) is 17.5 Å². The molecule has 0 aliphatic heterocycles. The highest BCUT2D eigenvalue weighted by atomic mass is 19.1. The number of nitrogens with zero attached hydrogens (tertiary/aromatic N) is 2. The van der Waals surface area contributed by atoms with Crippen molar-refractivity contribution in [3.8, 4) is 5.69 Å². The van der Waals surface area contributed by atoms with Gasteiger partial charge in [-0.2, -0.15) is 5.10 Å². The number of nitrogens with one attached hydrogen (secondary N) is 1. The van der Waals surface area contributed by atoms with E-state index in [1.54, 1.807) is 6.92 Å². The quantitative estimate of drug-likeness (QED) is 0.565. The molecule has 0 atom stereocenters. The summed E-state index contributed by atoms with van der Waals surface area (Å²) in [6.45, 7) is 5.98. The van der Waals surface area contributed by atoms with Gasteiger partial charge in [0.15, 0.2) is 5.76 Å². The van der Waals surface area contributed by atoms with E-state index >= 15 is 0 Å². The summed E-state index contributed by atoms with van der Waals surface area (Å²) in [5.41, 5.74) is 4.86. The highest BCUT2D eigenvalue weighted by molar-refractivity contribution is 5.98. The van der Waals surface area contributed by atoms with Gasteiger partial charge in [-0.15, -0.1) is 0 Å². The molecule has 0 saturated carbocycles. The molecule has 4 aromatic rings. The summed E-state index contributed by atoms with van der Waals surface area (Å²) >= 11 is 0. The zero-order valence-electron chi connectivity index (χ0n) is 15.9. The van der Waals surface area contributed by atoms with Crippen molar-refractivity contribution in [3.63, 3.8) is 0 Å². The lowest BCUT2D eigenvalue weighted by Crippen LogP contribution is -2.23. The van der Waals surface area contributed by atoms with Crippen molar-refractivity contribution < 1.29 is 13.6 Å². The van der Waals surface area contributed by atoms with Gasteiger partial charge in [0.25, 0.3) is 5.91 Å². The van der Waals surface area contributed by atoms with Gasteiger partial charge in [-0.25, -0.2) is 9.07 Å². The van der Waals surface area contributed by atoms with E-state index in [4.69, 9.17) is 4.42 Å². The molecule has 0 bridgehead atoms. The molecule has 2 aromatic carbocycles. The second kappa shape index (κ2) is 6.96. The molecule has 0 spiro atoms. The number of benzene rings is 2. The van der Waals surface area contributed by atoms with E-state index in [0.29, 0.717) is 23.1 Å². The number of hydrogen-bond donors (Lipinski definition) is 1. The average Bonchev–Trinajstić information content (AvgIpc) is 3.17. The first kappa shape index (κ1) is 18.0. The Kier molecular flexibility index (Phi) is 4.47. The van der Waals surface area contributed by atoms with Crippen LogP contribution in [0.1, 0.15) is 33.1 Å². The van der Waals surface area contributed by atoms with Gasteiger partial charge in [-0.3, -0.25) is 4.79 Å². The number of carbonyl (C=O) groups excluding carboxylic acids is 1. The maximum absolute atomic E-state index is 13.5. The highest BCUT2D eigenvalue weighted by Crippen LogP contribution is 2.26. The maximum atomic E-state index is 13.5. The van der Waals surface area contributed by atoms with Gasteiger partial charge in [-0.1, -0.05) is 18.2 Å². The number of carbonyl (C=O) groups is 1. The van der Waals surface area contributed by atoms with Crippen LogP contribution in [-0.4, -0.2) is 15.7 Å². The molecule has 0 fully saturated rings. The molecule has 142 valence electrons. The topological polar surface area (TPSA) is 60.1 Å². The molecule has 0 saturated heterocycles. The molecule has 0 unspecified atom stereocenters. The molecule has 1 N–H and O–H groups in total. The second-order valence-electron chi connectivity index (χ2n) is 6.78. The zero-order chi connectivity index (χ0) is 19.8. The molecule has 0 aliphatic carbocycles. The third-order valence-corrected chi connectivity index (χ3v) is 4.97.